The summed E-state index contributed by atoms with van der Waals surface area (Å²) >= 11 is 6.73. The lowest BCUT2D eigenvalue weighted by Gasteiger charge is -1.91. The smallest absolute Gasteiger partial charge is 0.195 e. The summed E-state index contributed by atoms with van der Waals surface area (Å²) in [7, 11) is 0. The Balaban J connectivity index is 2.11. The molecule has 0 radical (unpaired) electrons. The molecule has 0 saturated heterocycles. The summed E-state index contributed by atoms with van der Waals surface area (Å²) in [6.07, 6.45) is 5.64. The third-order valence-corrected chi connectivity index (χ3v) is 5.44. The summed E-state index contributed by atoms with van der Waals surface area (Å²) in [5.41, 5.74) is 0. The van der Waals surface area contributed by atoms with Crippen molar-refractivity contribution in [3.8, 4) is 0 Å². The number of halogens is 1. The molecule has 2 rings (SSSR count). The van der Waals surface area contributed by atoms with Crippen LogP contribution in [0.3, 0.4) is 0 Å². The van der Waals surface area contributed by atoms with Crippen molar-refractivity contribution in [2.45, 2.75) is 19.8 Å². The van der Waals surface area contributed by atoms with Gasteiger partial charge in [-0.3, -0.25) is 4.79 Å². The van der Waals surface area contributed by atoms with E-state index >= 15 is 0 Å². The SMILES string of the molecule is CCCc1sc(C(=O)/C=C/c2cccs2)cc1Br. The van der Waals surface area contributed by atoms with Crippen LogP contribution in [0.5, 0.6) is 0 Å². The zero-order chi connectivity index (χ0) is 13.0. The lowest BCUT2D eigenvalue weighted by molar-refractivity contribution is 0.105. The summed E-state index contributed by atoms with van der Waals surface area (Å²) in [5.74, 6) is 0.0800. The van der Waals surface area contributed by atoms with Crippen LogP contribution in [0.1, 0.15) is 32.8 Å². The number of carbonyl (C=O) groups excluding carboxylic acids is 1. The molecule has 0 saturated carbocycles. The second-order valence-electron chi connectivity index (χ2n) is 3.84. The molecular formula is C14H13BrOS2. The molecule has 0 spiro atoms. The van der Waals surface area contributed by atoms with Crippen LogP contribution in [0.25, 0.3) is 6.08 Å². The predicted molar refractivity (Wildman–Crippen MR) is 83.7 cm³/mol. The Bertz CT molecular complexity index is 552. The van der Waals surface area contributed by atoms with Crippen molar-refractivity contribution in [2.24, 2.45) is 0 Å². The van der Waals surface area contributed by atoms with Gasteiger partial charge in [0, 0.05) is 14.2 Å². The van der Waals surface area contributed by atoms with E-state index in [9.17, 15) is 4.79 Å². The molecule has 0 aliphatic rings. The van der Waals surface area contributed by atoms with Crippen LogP contribution in [-0.2, 0) is 6.42 Å². The van der Waals surface area contributed by atoms with Crippen LogP contribution in [0, 0.1) is 0 Å². The molecule has 0 unspecified atom stereocenters. The number of thiophene rings is 2. The minimum Gasteiger partial charge on any atom is -0.288 e. The molecule has 2 aromatic rings. The highest BCUT2D eigenvalue weighted by Gasteiger charge is 2.10. The fraction of sp³-hybridized carbons (Fsp3) is 0.214. The van der Waals surface area contributed by atoms with Crippen molar-refractivity contribution in [2.75, 3.05) is 0 Å². The van der Waals surface area contributed by atoms with Gasteiger partial charge >= 0.3 is 0 Å². The van der Waals surface area contributed by atoms with E-state index in [1.54, 1.807) is 28.7 Å². The van der Waals surface area contributed by atoms with Gasteiger partial charge in [0.2, 0.25) is 0 Å². The molecular weight excluding hydrogens is 328 g/mol. The van der Waals surface area contributed by atoms with Crippen molar-refractivity contribution >= 4 is 50.5 Å². The molecule has 0 amide bonds. The molecule has 0 aliphatic carbocycles. The monoisotopic (exact) mass is 340 g/mol. The Labute approximate surface area is 123 Å². The van der Waals surface area contributed by atoms with Gasteiger partial charge in [-0.15, -0.1) is 22.7 Å². The van der Waals surface area contributed by atoms with E-state index < -0.39 is 0 Å². The first kappa shape index (κ1) is 13.7. The summed E-state index contributed by atoms with van der Waals surface area (Å²) < 4.78 is 1.06. The number of rotatable bonds is 5. The first-order valence-electron chi connectivity index (χ1n) is 5.75. The van der Waals surface area contributed by atoms with Crippen LogP contribution >= 0.6 is 38.6 Å². The maximum absolute atomic E-state index is 12.0. The molecule has 4 heteroatoms. The van der Waals surface area contributed by atoms with Gasteiger partial charge in [-0.05, 0) is 52.0 Å². The van der Waals surface area contributed by atoms with E-state index in [2.05, 4.69) is 22.9 Å². The summed E-state index contributed by atoms with van der Waals surface area (Å²) in [4.78, 5) is 15.2. The number of hydrogen-bond donors (Lipinski definition) is 0. The highest BCUT2D eigenvalue weighted by atomic mass is 79.9. The number of carbonyl (C=O) groups is 1. The average Bonchev–Trinajstić information content (AvgIpc) is 2.97. The first-order valence-corrected chi connectivity index (χ1v) is 8.23. The van der Waals surface area contributed by atoms with Crippen LogP contribution in [-0.4, -0.2) is 5.78 Å². The second-order valence-corrected chi connectivity index (χ2v) is 6.82. The molecule has 0 atom stereocenters. The van der Waals surface area contributed by atoms with Crippen molar-refractivity contribution in [3.63, 3.8) is 0 Å². The lowest BCUT2D eigenvalue weighted by Crippen LogP contribution is -1.88. The highest BCUT2D eigenvalue weighted by Crippen LogP contribution is 2.29. The predicted octanol–water partition coefficient (Wildman–Crippen LogP) is 5.42. The molecule has 0 N–H and O–H groups in total. The minimum atomic E-state index is 0.0800. The second kappa shape index (κ2) is 6.45. The fourth-order valence-electron chi connectivity index (χ4n) is 1.55. The average molecular weight is 341 g/mol. The summed E-state index contributed by atoms with van der Waals surface area (Å²) in [6.45, 7) is 2.14. The van der Waals surface area contributed by atoms with Crippen LogP contribution < -0.4 is 0 Å². The standard InChI is InChI=1S/C14H13BrOS2/c1-2-4-13-11(15)9-14(18-13)12(16)7-6-10-5-3-8-17-10/h3,5-9H,2,4H2,1H3/b7-6+. The van der Waals surface area contributed by atoms with Crippen molar-refractivity contribution in [3.05, 3.63) is 48.8 Å². The molecule has 94 valence electrons. The Morgan fingerprint density at radius 1 is 1.50 bits per heavy atom. The van der Waals surface area contributed by atoms with Gasteiger partial charge in [0.05, 0.1) is 4.88 Å². The number of hydrogen-bond acceptors (Lipinski definition) is 3. The molecule has 18 heavy (non-hydrogen) atoms. The lowest BCUT2D eigenvalue weighted by atomic mass is 10.2. The molecule has 0 bridgehead atoms. The van der Waals surface area contributed by atoms with E-state index in [0.717, 1.165) is 27.1 Å². The third kappa shape index (κ3) is 3.40. The number of ketones is 1. The van der Waals surface area contributed by atoms with Crippen molar-refractivity contribution in [1.82, 2.24) is 0 Å². The molecule has 0 aromatic carbocycles. The van der Waals surface area contributed by atoms with E-state index in [4.69, 9.17) is 0 Å². The van der Waals surface area contributed by atoms with Gasteiger partial charge in [0.25, 0.3) is 0 Å². The zero-order valence-corrected chi connectivity index (χ0v) is 13.2. The molecule has 2 aromatic heterocycles. The van der Waals surface area contributed by atoms with Crippen molar-refractivity contribution in [1.29, 1.82) is 0 Å². The van der Waals surface area contributed by atoms with Gasteiger partial charge in [0.15, 0.2) is 5.78 Å². The van der Waals surface area contributed by atoms with E-state index in [1.165, 1.54) is 4.88 Å². The van der Waals surface area contributed by atoms with Crippen LogP contribution in [0.15, 0.2) is 34.1 Å². The Kier molecular flexibility index (Phi) is 4.92. The maximum Gasteiger partial charge on any atom is 0.195 e. The Morgan fingerprint density at radius 2 is 2.33 bits per heavy atom. The summed E-state index contributed by atoms with van der Waals surface area (Å²) in [5, 5.41) is 2.01. The van der Waals surface area contributed by atoms with Gasteiger partial charge in [-0.1, -0.05) is 19.4 Å². The van der Waals surface area contributed by atoms with Crippen LogP contribution in [0.4, 0.5) is 0 Å². The minimum absolute atomic E-state index is 0.0800. The van der Waals surface area contributed by atoms with Gasteiger partial charge in [0.1, 0.15) is 0 Å². The summed E-state index contributed by atoms with van der Waals surface area (Å²) in [6, 6.07) is 5.91. The largest absolute Gasteiger partial charge is 0.288 e. The van der Waals surface area contributed by atoms with E-state index in [0.29, 0.717) is 0 Å². The maximum atomic E-state index is 12.0. The molecule has 1 nitrogen and oxygen atoms in total. The Morgan fingerprint density at radius 3 is 3.00 bits per heavy atom. The zero-order valence-electron chi connectivity index (χ0n) is 9.98. The first-order chi connectivity index (χ1) is 8.70. The fourth-order valence-corrected chi connectivity index (χ4v) is 4.06. The number of aryl methyl sites for hydroxylation is 1. The highest BCUT2D eigenvalue weighted by molar-refractivity contribution is 9.10. The Hall–Kier alpha value is -0.710. The topological polar surface area (TPSA) is 17.1 Å². The third-order valence-electron chi connectivity index (χ3n) is 2.42. The normalized spacial score (nSPS) is 11.2. The van der Waals surface area contributed by atoms with Gasteiger partial charge in [-0.25, -0.2) is 0 Å². The van der Waals surface area contributed by atoms with E-state index in [1.807, 2.05) is 29.7 Å². The van der Waals surface area contributed by atoms with Crippen LogP contribution in [0.2, 0.25) is 0 Å². The molecule has 0 fully saturated rings. The molecule has 0 aliphatic heterocycles. The molecule has 2 heterocycles. The van der Waals surface area contributed by atoms with Gasteiger partial charge < -0.3 is 0 Å². The number of allylic oxidation sites excluding steroid dienone is 1. The van der Waals surface area contributed by atoms with Crippen molar-refractivity contribution < 1.29 is 4.79 Å². The van der Waals surface area contributed by atoms with Gasteiger partial charge in [-0.2, -0.15) is 0 Å². The van der Waals surface area contributed by atoms with E-state index in [-0.39, 0.29) is 5.78 Å². The quantitative estimate of drug-likeness (QED) is 0.524.